The van der Waals surface area contributed by atoms with E-state index in [2.05, 4.69) is 35.6 Å². The molecule has 0 spiro atoms. The van der Waals surface area contributed by atoms with E-state index in [0.29, 0.717) is 68.7 Å². The smallest absolute Gasteiger partial charge is 0.474 e. The highest BCUT2D eigenvalue weighted by molar-refractivity contribution is 7.13. The summed E-state index contributed by atoms with van der Waals surface area (Å²) in [5.74, 6) is -2.99. The zero-order chi connectivity index (χ0) is 54.7. The Balaban J connectivity index is 0.804. The first kappa shape index (κ1) is 56.3. The zero-order valence-electron chi connectivity index (χ0n) is 42.7. The van der Waals surface area contributed by atoms with Gasteiger partial charge < -0.3 is 50.6 Å². The number of β-amino-alcohol motifs (C(OH)–C–C–N with tert-alkyl or cyclic N) is 1. The molecule has 5 heterocycles. The first-order chi connectivity index (χ1) is 36.1. The van der Waals surface area contributed by atoms with E-state index in [-0.39, 0.29) is 73.9 Å². The molecule has 19 nitrogen and oxygen atoms in total. The molecule has 2 fully saturated rings. The predicted molar refractivity (Wildman–Crippen MR) is 274 cm³/mol. The lowest BCUT2D eigenvalue weighted by Crippen LogP contribution is -2.57. The lowest BCUT2D eigenvalue weighted by atomic mass is 9.85. The Bertz CT molecular complexity index is 2840. The number of rotatable bonds is 21. The number of halogens is 3. The number of aliphatic hydroxyl groups is 1. The lowest BCUT2D eigenvalue weighted by molar-refractivity contribution is -0.274. The molecule has 23 heteroatoms. The molecule has 2 aliphatic rings. The van der Waals surface area contributed by atoms with Crippen LogP contribution in [0.2, 0.25) is 0 Å². The minimum absolute atomic E-state index is 0.00449. The van der Waals surface area contributed by atoms with E-state index in [1.807, 2.05) is 35.8 Å². The van der Waals surface area contributed by atoms with Crippen LogP contribution in [0.25, 0.3) is 21.7 Å². The summed E-state index contributed by atoms with van der Waals surface area (Å²) < 4.78 is 49.3. The number of thiazole rings is 1. The molecule has 76 heavy (non-hydrogen) atoms. The highest BCUT2D eigenvalue weighted by Gasteiger charge is 2.44. The molecule has 6 N–H and O–H groups in total. The van der Waals surface area contributed by atoms with Crippen LogP contribution in [0, 0.1) is 12.3 Å². The Hall–Kier alpha value is -7.40. The fourth-order valence-corrected chi connectivity index (χ4v) is 9.76. The molecule has 0 aliphatic carbocycles. The monoisotopic (exact) mass is 1070 g/mol. The summed E-state index contributed by atoms with van der Waals surface area (Å²) >= 11 is 1.55. The van der Waals surface area contributed by atoms with Gasteiger partial charge in [-0.1, -0.05) is 57.2 Å². The van der Waals surface area contributed by atoms with Crippen LogP contribution in [-0.4, -0.2) is 127 Å². The molecule has 0 bridgehead atoms. The molecule has 5 aromatic rings. The summed E-state index contributed by atoms with van der Waals surface area (Å²) in [5.41, 5.74) is 11.3. The van der Waals surface area contributed by atoms with Gasteiger partial charge in [-0.25, -0.2) is 15.0 Å². The highest BCUT2D eigenvalue weighted by Crippen LogP contribution is 2.30. The Morgan fingerprint density at radius 2 is 1.59 bits per heavy atom. The van der Waals surface area contributed by atoms with Crippen LogP contribution in [0.5, 0.6) is 11.6 Å². The molecule has 2 aromatic carbocycles. The first-order valence-electron chi connectivity index (χ1n) is 25.0. The van der Waals surface area contributed by atoms with E-state index in [1.54, 1.807) is 61.1 Å². The van der Waals surface area contributed by atoms with Crippen LogP contribution in [0.1, 0.15) is 92.9 Å². The van der Waals surface area contributed by atoms with Crippen LogP contribution < -0.4 is 31.2 Å². The van der Waals surface area contributed by atoms with Gasteiger partial charge in [-0.3, -0.25) is 28.8 Å². The number of pyridine rings is 1. The maximum atomic E-state index is 14.0. The number of hydrogen-bond donors (Lipinski definition) is 5. The molecule has 2 saturated heterocycles. The third-order valence-electron chi connectivity index (χ3n) is 13.1. The Morgan fingerprint density at radius 3 is 2.25 bits per heavy atom. The van der Waals surface area contributed by atoms with E-state index < -0.39 is 53.6 Å². The van der Waals surface area contributed by atoms with Gasteiger partial charge in [-0.15, -0.1) is 24.5 Å². The van der Waals surface area contributed by atoms with Crippen LogP contribution >= 0.6 is 11.3 Å². The van der Waals surface area contributed by atoms with Crippen molar-refractivity contribution in [2.75, 3.05) is 26.2 Å². The van der Waals surface area contributed by atoms with Crippen molar-refractivity contribution in [3.63, 3.8) is 0 Å². The number of unbranched alkanes of at least 4 members (excludes halogenated alkanes) is 1. The summed E-state index contributed by atoms with van der Waals surface area (Å²) in [5, 5.41) is 19.1. The van der Waals surface area contributed by atoms with Gasteiger partial charge in [-0.05, 0) is 60.1 Å². The minimum atomic E-state index is -4.81. The van der Waals surface area contributed by atoms with Crippen molar-refractivity contribution < 1.29 is 56.5 Å². The number of nitrogens with one attached hydrogen (secondary N) is 3. The molecule has 6 amide bonds. The maximum absolute atomic E-state index is 14.0. The predicted octanol–water partition coefficient (Wildman–Crippen LogP) is 5.47. The zero-order valence-corrected chi connectivity index (χ0v) is 43.5. The molecule has 2 aliphatic heterocycles. The summed E-state index contributed by atoms with van der Waals surface area (Å²) in [6, 6.07) is 12.5. The van der Waals surface area contributed by atoms with E-state index in [4.69, 9.17) is 10.5 Å². The fraction of sp³-hybridized carbons (Fsp3) is 0.453. The number of aryl methyl sites for hydroxylation is 2. The second-order valence-electron chi connectivity index (χ2n) is 20.0. The highest BCUT2D eigenvalue weighted by atomic mass is 32.1. The summed E-state index contributed by atoms with van der Waals surface area (Å²) in [6.45, 7) is 9.12. The van der Waals surface area contributed by atoms with Crippen LogP contribution in [-0.2, 0) is 43.5 Å². The fourth-order valence-electron chi connectivity index (χ4n) is 8.95. The van der Waals surface area contributed by atoms with Crippen LogP contribution in [0.3, 0.4) is 0 Å². The SMILES string of the molecule is Cc1ncsc1-c1ccc(CNC(=O)[C@@H]2C[C@@H](O)CN2C(=O)[C@@H](NC(=O)CCC(=O)NCCCCn2cnc(-c3cnc(OC4CCN(C(=O)Cc5ccc(OC(F)(F)F)cc5)CC4)c(C(N)=O)c3)c2)C(C)(C)C)cc1. The van der Waals surface area contributed by atoms with Crippen molar-refractivity contribution >= 4 is 46.8 Å². The molecule has 0 radical (unpaired) electrons. The number of ether oxygens (including phenoxy) is 2. The number of likely N-dealkylation sites (tertiary alicyclic amines) is 2. The van der Waals surface area contributed by atoms with Gasteiger partial charge in [0, 0.05) is 89.3 Å². The van der Waals surface area contributed by atoms with E-state index >= 15 is 0 Å². The number of amides is 6. The third kappa shape index (κ3) is 15.6. The lowest BCUT2D eigenvalue weighted by Gasteiger charge is -2.35. The van der Waals surface area contributed by atoms with Gasteiger partial charge in [0.05, 0.1) is 40.6 Å². The number of aliphatic hydroxyl groups excluding tert-OH is 1. The number of hydrogen-bond acceptors (Lipinski definition) is 13. The number of piperidine rings is 1. The Morgan fingerprint density at radius 1 is 0.895 bits per heavy atom. The molecule has 0 saturated carbocycles. The van der Waals surface area contributed by atoms with Crippen molar-refractivity contribution in [1.29, 1.82) is 0 Å². The number of nitrogens with two attached hydrogens (primary N) is 1. The Kier molecular flexibility index (Phi) is 18.5. The molecular weight excluding hydrogens is 1010 g/mol. The van der Waals surface area contributed by atoms with Gasteiger partial charge in [0.1, 0.15) is 29.5 Å². The standard InChI is InChI=1S/C53H63F3N10O9S/c1-32-46(76-31-62-32)35-11-7-34(8-12-35)26-59-49(72)42-25-37(67)28-66(42)51(73)47(52(2,3)4)63-44(69)16-15-43(68)58-19-5-6-20-64-29-41(61-30-64)36-24-40(48(57)71)50(60-27-36)74-38-17-21-65(22-18-38)45(70)23-33-9-13-39(14-10-33)75-53(54,55)56/h7-14,24,27,29-31,37-38,42,47,67H,5-6,15-23,25-26,28H2,1-4H3,(H2,57,71)(H,58,68)(H,59,72)(H,63,69)/t37-,42+,47-/m1/s1. The van der Waals surface area contributed by atoms with Gasteiger partial charge in [0.15, 0.2) is 0 Å². The number of aromatic nitrogens is 4. The number of carbonyl (C=O) groups is 6. The normalized spacial score (nSPS) is 16.5. The average molecular weight is 1070 g/mol. The largest absolute Gasteiger partial charge is 0.573 e. The molecule has 3 aromatic heterocycles. The van der Waals surface area contributed by atoms with Crippen molar-refractivity contribution in [2.45, 2.75) is 123 Å². The van der Waals surface area contributed by atoms with Crippen molar-refractivity contribution in [2.24, 2.45) is 11.1 Å². The van der Waals surface area contributed by atoms with Crippen LogP contribution in [0.15, 0.2) is 78.8 Å². The number of alkyl halides is 3. The quantitative estimate of drug-likeness (QED) is 0.0574. The first-order valence-corrected chi connectivity index (χ1v) is 25.9. The summed E-state index contributed by atoms with van der Waals surface area (Å²) in [7, 11) is 0. The second-order valence-corrected chi connectivity index (χ2v) is 20.9. The topological polar surface area (TPSA) is 253 Å². The minimum Gasteiger partial charge on any atom is -0.474 e. The van der Waals surface area contributed by atoms with Crippen molar-refractivity contribution in [3.05, 3.63) is 101 Å². The molecule has 7 rings (SSSR count). The number of primary amides is 1. The molecule has 406 valence electrons. The number of imidazole rings is 1. The Labute approximate surface area is 441 Å². The summed E-state index contributed by atoms with van der Waals surface area (Å²) in [4.78, 5) is 96.1. The van der Waals surface area contributed by atoms with Gasteiger partial charge in [0.2, 0.25) is 35.4 Å². The summed E-state index contributed by atoms with van der Waals surface area (Å²) in [6.07, 6.45) is 0.833. The van der Waals surface area contributed by atoms with Crippen molar-refractivity contribution in [1.82, 2.24) is 45.3 Å². The number of nitrogens with zero attached hydrogens (tertiary/aromatic N) is 6. The second kappa shape index (κ2) is 25.0. The van der Waals surface area contributed by atoms with Gasteiger partial charge >= 0.3 is 6.36 Å². The van der Waals surface area contributed by atoms with E-state index in [1.165, 1.54) is 23.2 Å². The number of carbonyl (C=O) groups excluding carboxylic acids is 6. The molecular formula is C53H63F3N10O9S. The van der Waals surface area contributed by atoms with Crippen LogP contribution in [0.4, 0.5) is 13.2 Å². The number of benzene rings is 2. The van der Waals surface area contributed by atoms with Gasteiger partial charge in [-0.2, -0.15) is 0 Å². The van der Waals surface area contributed by atoms with Crippen molar-refractivity contribution in [3.8, 4) is 33.3 Å². The molecule has 0 unspecified atom stereocenters. The van der Waals surface area contributed by atoms with E-state index in [0.717, 1.165) is 33.8 Å². The third-order valence-corrected chi connectivity index (χ3v) is 14.1. The maximum Gasteiger partial charge on any atom is 0.573 e. The average Bonchev–Trinajstić information content (AvgIpc) is 4.14. The molecule has 3 atom stereocenters. The van der Waals surface area contributed by atoms with E-state index in [9.17, 15) is 47.0 Å². The van der Waals surface area contributed by atoms with Gasteiger partial charge in [0.25, 0.3) is 5.91 Å².